The van der Waals surface area contributed by atoms with Crippen LogP contribution in [0.2, 0.25) is 4.34 Å². The fraction of sp³-hybridized carbons (Fsp3) is 0.267. The number of halogens is 2. The van der Waals surface area contributed by atoms with Gasteiger partial charge in [-0.1, -0.05) is 23.7 Å². The minimum atomic E-state index is -0.226. The van der Waals surface area contributed by atoms with Gasteiger partial charge in [0.2, 0.25) is 0 Å². The molecule has 0 radical (unpaired) electrons. The molecule has 0 aliphatic heterocycles. The van der Waals surface area contributed by atoms with E-state index in [-0.39, 0.29) is 5.82 Å². The Kier molecular flexibility index (Phi) is 6.02. The van der Waals surface area contributed by atoms with E-state index in [2.05, 4.69) is 15.6 Å². The maximum atomic E-state index is 12.8. The monoisotopic (exact) mass is 325 g/mol. The summed E-state index contributed by atoms with van der Waals surface area (Å²) in [7, 11) is 1.72. The number of aliphatic imine (C=N–C) groups is 1. The summed E-state index contributed by atoms with van der Waals surface area (Å²) in [6.07, 6.45) is 0.897. The number of hydrogen-bond acceptors (Lipinski definition) is 2. The summed E-state index contributed by atoms with van der Waals surface area (Å²) in [6, 6.07) is 10.3. The second-order valence-electron chi connectivity index (χ2n) is 4.43. The first-order chi connectivity index (χ1) is 10.2. The number of rotatable bonds is 5. The van der Waals surface area contributed by atoms with Crippen molar-refractivity contribution in [3.05, 3.63) is 57.0 Å². The SMILES string of the molecule is CN=C(NCCc1ccc(Cl)s1)NCc1ccc(F)cc1. The second-order valence-corrected chi connectivity index (χ2v) is 6.23. The third kappa shape index (κ3) is 5.36. The first-order valence-corrected chi connectivity index (χ1v) is 7.80. The van der Waals surface area contributed by atoms with Crippen molar-refractivity contribution >= 4 is 28.9 Å². The summed E-state index contributed by atoms with van der Waals surface area (Å²) in [5, 5.41) is 6.43. The Morgan fingerprint density at radius 3 is 2.57 bits per heavy atom. The van der Waals surface area contributed by atoms with Gasteiger partial charge in [-0.15, -0.1) is 11.3 Å². The van der Waals surface area contributed by atoms with Crippen LogP contribution >= 0.6 is 22.9 Å². The highest BCUT2D eigenvalue weighted by Gasteiger charge is 2.01. The summed E-state index contributed by atoms with van der Waals surface area (Å²) in [4.78, 5) is 5.39. The molecule has 1 aromatic carbocycles. The third-order valence-electron chi connectivity index (χ3n) is 2.89. The van der Waals surface area contributed by atoms with Crippen LogP contribution in [-0.2, 0) is 13.0 Å². The van der Waals surface area contributed by atoms with E-state index < -0.39 is 0 Å². The molecule has 0 atom stereocenters. The van der Waals surface area contributed by atoms with Crippen molar-refractivity contribution in [2.45, 2.75) is 13.0 Å². The lowest BCUT2D eigenvalue weighted by molar-refractivity contribution is 0.626. The minimum absolute atomic E-state index is 0.226. The Hall–Kier alpha value is -1.59. The van der Waals surface area contributed by atoms with Gasteiger partial charge >= 0.3 is 0 Å². The summed E-state index contributed by atoms with van der Waals surface area (Å²) < 4.78 is 13.6. The van der Waals surface area contributed by atoms with Crippen LogP contribution in [0, 0.1) is 5.82 Å². The highest BCUT2D eigenvalue weighted by Crippen LogP contribution is 2.21. The van der Waals surface area contributed by atoms with Crippen molar-refractivity contribution in [2.75, 3.05) is 13.6 Å². The standard InChI is InChI=1S/C15H17ClFN3S/c1-18-15(19-9-8-13-6-7-14(16)21-13)20-10-11-2-4-12(17)5-3-11/h2-7H,8-10H2,1H3,(H2,18,19,20). The van der Waals surface area contributed by atoms with E-state index in [0.29, 0.717) is 6.54 Å². The molecule has 0 saturated heterocycles. The van der Waals surface area contributed by atoms with E-state index in [0.717, 1.165) is 28.8 Å². The van der Waals surface area contributed by atoms with Crippen LogP contribution in [0.3, 0.4) is 0 Å². The molecule has 0 spiro atoms. The molecule has 0 bridgehead atoms. The molecule has 112 valence electrons. The predicted molar refractivity (Wildman–Crippen MR) is 87.6 cm³/mol. The van der Waals surface area contributed by atoms with E-state index >= 15 is 0 Å². The van der Waals surface area contributed by atoms with Crippen LogP contribution in [-0.4, -0.2) is 19.6 Å². The maximum absolute atomic E-state index is 12.8. The zero-order chi connectivity index (χ0) is 15.1. The number of thiophene rings is 1. The van der Waals surface area contributed by atoms with Crippen LogP contribution < -0.4 is 10.6 Å². The van der Waals surface area contributed by atoms with Crippen LogP contribution in [0.1, 0.15) is 10.4 Å². The fourth-order valence-electron chi connectivity index (χ4n) is 1.80. The molecule has 0 aliphatic rings. The van der Waals surface area contributed by atoms with E-state index in [1.165, 1.54) is 17.0 Å². The molecular weight excluding hydrogens is 309 g/mol. The molecule has 1 heterocycles. The topological polar surface area (TPSA) is 36.4 Å². The van der Waals surface area contributed by atoms with E-state index in [9.17, 15) is 4.39 Å². The second kappa shape index (κ2) is 8.00. The molecular formula is C15H17ClFN3S. The lowest BCUT2D eigenvalue weighted by Gasteiger charge is -2.11. The Balaban J connectivity index is 1.74. The average molecular weight is 326 g/mol. The number of nitrogens with one attached hydrogen (secondary N) is 2. The normalized spacial score (nSPS) is 11.5. The van der Waals surface area contributed by atoms with Crippen LogP contribution in [0.5, 0.6) is 0 Å². The van der Waals surface area contributed by atoms with Crippen molar-refractivity contribution in [3.8, 4) is 0 Å². The Morgan fingerprint density at radius 2 is 1.95 bits per heavy atom. The van der Waals surface area contributed by atoms with Crippen molar-refractivity contribution < 1.29 is 4.39 Å². The van der Waals surface area contributed by atoms with Gasteiger partial charge in [-0.2, -0.15) is 0 Å². The molecule has 2 rings (SSSR count). The van der Waals surface area contributed by atoms with Crippen molar-refractivity contribution in [3.63, 3.8) is 0 Å². The van der Waals surface area contributed by atoms with Gasteiger partial charge in [0, 0.05) is 25.0 Å². The highest BCUT2D eigenvalue weighted by molar-refractivity contribution is 7.16. The molecule has 21 heavy (non-hydrogen) atoms. The van der Waals surface area contributed by atoms with E-state index in [4.69, 9.17) is 11.6 Å². The van der Waals surface area contributed by atoms with Gasteiger partial charge in [-0.25, -0.2) is 4.39 Å². The Labute approximate surface area is 132 Å². The van der Waals surface area contributed by atoms with E-state index in [1.807, 2.05) is 12.1 Å². The Morgan fingerprint density at radius 1 is 1.19 bits per heavy atom. The van der Waals surface area contributed by atoms with Crippen LogP contribution in [0.25, 0.3) is 0 Å². The molecule has 2 N–H and O–H groups in total. The average Bonchev–Trinajstić information content (AvgIpc) is 2.90. The summed E-state index contributed by atoms with van der Waals surface area (Å²) in [5.41, 5.74) is 1.00. The molecule has 0 aliphatic carbocycles. The predicted octanol–water partition coefficient (Wildman–Crippen LogP) is 3.45. The van der Waals surface area contributed by atoms with Crippen molar-refractivity contribution in [1.82, 2.24) is 10.6 Å². The molecule has 0 unspecified atom stereocenters. The first-order valence-electron chi connectivity index (χ1n) is 6.60. The fourth-order valence-corrected chi connectivity index (χ4v) is 2.89. The van der Waals surface area contributed by atoms with Gasteiger partial charge in [-0.3, -0.25) is 4.99 Å². The Bertz CT molecular complexity index is 595. The zero-order valence-corrected chi connectivity index (χ0v) is 13.3. The molecule has 0 amide bonds. The highest BCUT2D eigenvalue weighted by atomic mass is 35.5. The minimum Gasteiger partial charge on any atom is -0.356 e. The third-order valence-corrected chi connectivity index (χ3v) is 4.18. The van der Waals surface area contributed by atoms with Gasteiger partial charge in [0.25, 0.3) is 0 Å². The van der Waals surface area contributed by atoms with Crippen LogP contribution in [0.4, 0.5) is 4.39 Å². The lowest BCUT2D eigenvalue weighted by Crippen LogP contribution is -2.37. The zero-order valence-electron chi connectivity index (χ0n) is 11.7. The van der Waals surface area contributed by atoms with Crippen molar-refractivity contribution in [2.24, 2.45) is 4.99 Å². The van der Waals surface area contributed by atoms with E-state index in [1.54, 1.807) is 30.5 Å². The quantitative estimate of drug-likeness (QED) is 0.652. The molecule has 6 heteroatoms. The lowest BCUT2D eigenvalue weighted by atomic mass is 10.2. The van der Waals surface area contributed by atoms with Gasteiger partial charge in [0.15, 0.2) is 5.96 Å². The first kappa shape index (κ1) is 15.8. The van der Waals surface area contributed by atoms with Gasteiger partial charge in [0.1, 0.15) is 5.82 Å². The largest absolute Gasteiger partial charge is 0.356 e. The molecule has 3 nitrogen and oxygen atoms in total. The van der Waals surface area contributed by atoms with Crippen LogP contribution in [0.15, 0.2) is 41.4 Å². The maximum Gasteiger partial charge on any atom is 0.191 e. The smallest absolute Gasteiger partial charge is 0.191 e. The molecule has 2 aromatic rings. The molecule has 0 saturated carbocycles. The number of hydrogen-bond donors (Lipinski definition) is 2. The summed E-state index contributed by atoms with van der Waals surface area (Å²) in [5.74, 6) is 0.498. The number of guanidine groups is 1. The summed E-state index contributed by atoms with van der Waals surface area (Å²) >= 11 is 7.48. The van der Waals surface area contributed by atoms with Gasteiger partial charge < -0.3 is 10.6 Å². The number of benzene rings is 1. The molecule has 0 fully saturated rings. The summed E-state index contributed by atoms with van der Waals surface area (Å²) in [6.45, 7) is 1.38. The van der Waals surface area contributed by atoms with Crippen molar-refractivity contribution in [1.29, 1.82) is 0 Å². The van der Waals surface area contributed by atoms with Gasteiger partial charge in [0.05, 0.1) is 4.34 Å². The number of nitrogens with zero attached hydrogens (tertiary/aromatic N) is 1. The van der Waals surface area contributed by atoms with Gasteiger partial charge in [-0.05, 0) is 36.2 Å². The molecule has 1 aromatic heterocycles.